The van der Waals surface area contributed by atoms with Crippen molar-refractivity contribution in [2.24, 2.45) is 5.73 Å². The molecule has 2 aromatic rings. The van der Waals surface area contributed by atoms with Crippen molar-refractivity contribution in [2.45, 2.75) is 6.18 Å². The van der Waals surface area contributed by atoms with E-state index in [0.717, 1.165) is 5.70 Å². The van der Waals surface area contributed by atoms with Gasteiger partial charge in [0.1, 0.15) is 18.2 Å². The van der Waals surface area contributed by atoms with E-state index in [4.69, 9.17) is 44.6 Å². The van der Waals surface area contributed by atoms with Crippen molar-refractivity contribution in [3.8, 4) is 0 Å². The lowest BCUT2D eigenvalue weighted by Crippen LogP contribution is -2.42. The molecule has 0 saturated heterocycles. The number of hydrogen-bond donors (Lipinski definition) is 2. The third kappa shape index (κ3) is 5.15. The van der Waals surface area contributed by atoms with Gasteiger partial charge in [0.25, 0.3) is 5.69 Å². The Bertz CT molecular complexity index is 1260. The molecule has 36 heavy (non-hydrogen) atoms. The first-order chi connectivity index (χ1) is 16.8. The number of alkyl halides is 3. The van der Waals surface area contributed by atoms with Gasteiger partial charge in [-0.3, -0.25) is 10.1 Å². The number of nitrogens with two attached hydrogens (primary N) is 2. The lowest BCUT2D eigenvalue weighted by molar-refractivity contribution is -0.612. The molecule has 11 nitrogen and oxygen atoms in total. The number of non-ortho nitro benzene ring substituents is 1. The van der Waals surface area contributed by atoms with Crippen LogP contribution in [0.4, 0.5) is 30.2 Å². The quantitative estimate of drug-likeness (QED) is 0.253. The zero-order valence-corrected chi connectivity index (χ0v) is 19.6. The third-order valence-corrected chi connectivity index (χ3v) is 5.86. The van der Waals surface area contributed by atoms with Gasteiger partial charge in [-0.25, -0.2) is 0 Å². The fourth-order valence-electron chi connectivity index (χ4n) is 3.70. The number of rotatable bonds is 4. The van der Waals surface area contributed by atoms with Gasteiger partial charge in [0.15, 0.2) is 4.87 Å². The number of fused-ring (bicyclic) bond motifs is 3. The smallest absolute Gasteiger partial charge is 0.430 e. The molecule has 2 aliphatic heterocycles. The van der Waals surface area contributed by atoms with E-state index < -0.39 is 17.1 Å². The number of halogens is 5. The summed E-state index contributed by atoms with van der Waals surface area (Å²) in [6.07, 6.45) is -5.19. The van der Waals surface area contributed by atoms with Crippen LogP contribution in [0.25, 0.3) is 11.4 Å². The summed E-state index contributed by atoms with van der Waals surface area (Å²) in [7, 11) is 0. The standard InChI is InChI=1S/C18H17Cl2N6O3.C2HF3O2/c19-13-7-10(8-14(20)16(13)22)17-18-12-2-1-11(26(28)29)9-15(12)25(27)24(18)6-5-23(17)4-3-21;3-2(4,5)1(6)7/h1-2,7-9H,3-6,21-22H2;(H,6,7)/q+1;/p-1. The lowest BCUT2D eigenvalue weighted by Gasteiger charge is -2.34. The number of hydrazine groups is 1. The first-order valence-electron chi connectivity index (χ1n) is 10.0. The molecule has 0 spiro atoms. The van der Waals surface area contributed by atoms with Crippen LogP contribution in [0, 0.1) is 15.0 Å². The van der Waals surface area contributed by atoms with Crippen molar-refractivity contribution in [1.29, 1.82) is 0 Å². The molecule has 4 N–H and O–H groups in total. The SMILES string of the molecule is NCCN1CCN2C(=C1c1cc(Cl)c(N)c(Cl)c1)c1ccc([N+](=O)[O-])cc1[N+]2=O.O=C([O-])C(F)(F)F. The second-order valence-corrected chi connectivity index (χ2v) is 8.28. The molecule has 0 aromatic heterocycles. The molecule has 2 heterocycles. The number of aliphatic carboxylic acids is 1. The van der Waals surface area contributed by atoms with Crippen molar-refractivity contribution in [2.75, 3.05) is 31.9 Å². The monoisotopic (exact) mass is 548 g/mol. The number of nitro benzene ring substituents is 1. The fraction of sp³-hybridized carbons (Fsp3) is 0.250. The van der Waals surface area contributed by atoms with Gasteiger partial charge in [-0.15, -0.1) is 0 Å². The van der Waals surface area contributed by atoms with Crippen LogP contribution in [0.3, 0.4) is 0 Å². The van der Waals surface area contributed by atoms with Gasteiger partial charge in [0, 0.05) is 31.3 Å². The van der Waals surface area contributed by atoms with E-state index in [-0.39, 0.29) is 17.1 Å². The van der Waals surface area contributed by atoms with Gasteiger partial charge in [0.2, 0.25) is 0 Å². The first kappa shape index (κ1) is 27.0. The Morgan fingerprint density at radius 3 is 2.22 bits per heavy atom. The van der Waals surface area contributed by atoms with Gasteiger partial charge in [-0.1, -0.05) is 28.2 Å². The summed E-state index contributed by atoms with van der Waals surface area (Å²) in [5, 5.41) is 22.1. The number of carbonyl (C=O) groups is 1. The van der Waals surface area contributed by atoms with E-state index in [1.54, 1.807) is 23.2 Å². The molecule has 0 amide bonds. The van der Waals surface area contributed by atoms with Gasteiger partial charge < -0.3 is 26.3 Å². The predicted octanol–water partition coefficient (Wildman–Crippen LogP) is 2.52. The van der Waals surface area contributed by atoms with Crippen LogP contribution in [0.15, 0.2) is 30.3 Å². The molecule has 192 valence electrons. The summed E-state index contributed by atoms with van der Waals surface area (Å²) in [5.41, 5.74) is 14.6. The maximum atomic E-state index is 12.9. The van der Waals surface area contributed by atoms with E-state index in [0.29, 0.717) is 57.9 Å². The van der Waals surface area contributed by atoms with Gasteiger partial charge in [-0.05, 0) is 18.2 Å². The first-order valence-corrected chi connectivity index (χ1v) is 10.8. The lowest BCUT2D eigenvalue weighted by atomic mass is 10.0. The Balaban J connectivity index is 0.000000454. The molecule has 2 aromatic carbocycles. The Morgan fingerprint density at radius 1 is 1.14 bits per heavy atom. The second-order valence-electron chi connectivity index (χ2n) is 7.47. The van der Waals surface area contributed by atoms with Crippen molar-refractivity contribution >= 4 is 57.6 Å². The zero-order valence-electron chi connectivity index (χ0n) is 18.1. The molecule has 0 radical (unpaired) electrons. The molecule has 16 heteroatoms. The average molecular weight is 549 g/mol. The number of nitrogen functional groups attached to an aromatic ring is 1. The van der Waals surface area contributed by atoms with E-state index >= 15 is 0 Å². The summed E-state index contributed by atoms with van der Waals surface area (Å²) in [6.45, 7) is 1.89. The van der Waals surface area contributed by atoms with Crippen molar-refractivity contribution < 1.29 is 32.9 Å². The summed E-state index contributed by atoms with van der Waals surface area (Å²) in [4.78, 5) is 35.1. The minimum absolute atomic E-state index is 0.149. The second kappa shape index (κ2) is 10.2. The number of hydrogen-bond acceptors (Lipinski definition) is 8. The van der Waals surface area contributed by atoms with E-state index in [2.05, 4.69) is 0 Å². The van der Waals surface area contributed by atoms with E-state index in [1.807, 2.05) is 4.90 Å². The molecular formula is C20H17Cl2F3N6O5. The molecule has 0 bridgehead atoms. The van der Waals surface area contributed by atoms with Crippen molar-refractivity contribution in [3.05, 3.63) is 66.5 Å². The topological polar surface area (TPSA) is 162 Å². The highest BCUT2D eigenvalue weighted by Crippen LogP contribution is 2.46. The Hall–Kier alpha value is -3.62. The Morgan fingerprint density at radius 2 is 1.72 bits per heavy atom. The van der Waals surface area contributed by atoms with Gasteiger partial charge in [-0.2, -0.15) is 13.2 Å². The minimum atomic E-state index is -5.19. The third-order valence-electron chi connectivity index (χ3n) is 5.24. The molecule has 0 saturated carbocycles. The molecule has 0 fully saturated rings. The van der Waals surface area contributed by atoms with Crippen LogP contribution in [-0.2, 0) is 4.79 Å². The summed E-state index contributed by atoms with van der Waals surface area (Å²) < 4.78 is 31.5. The van der Waals surface area contributed by atoms with Gasteiger partial charge in [0.05, 0.1) is 42.9 Å². The maximum absolute atomic E-state index is 12.9. The normalized spacial score (nSPS) is 14.8. The Labute approximate surface area is 210 Å². The van der Waals surface area contributed by atoms with Crippen LogP contribution in [0.5, 0.6) is 0 Å². The zero-order chi connectivity index (χ0) is 26.9. The van der Waals surface area contributed by atoms with Crippen molar-refractivity contribution in [3.63, 3.8) is 0 Å². The van der Waals surface area contributed by atoms with E-state index in [9.17, 15) is 28.2 Å². The molecule has 0 aliphatic carbocycles. The molecule has 0 atom stereocenters. The molecule has 0 unspecified atom stereocenters. The van der Waals surface area contributed by atoms with Crippen LogP contribution >= 0.6 is 23.2 Å². The molecule has 2 aliphatic rings. The minimum Gasteiger partial charge on any atom is -0.542 e. The maximum Gasteiger partial charge on any atom is 0.430 e. The predicted molar refractivity (Wildman–Crippen MR) is 122 cm³/mol. The average Bonchev–Trinajstić information content (AvgIpc) is 3.08. The highest BCUT2D eigenvalue weighted by Gasteiger charge is 2.47. The highest BCUT2D eigenvalue weighted by molar-refractivity contribution is 6.39. The number of carboxylic acids is 1. The number of nitro groups is 1. The van der Waals surface area contributed by atoms with E-state index in [1.165, 1.54) is 12.1 Å². The summed E-state index contributed by atoms with van der Waals surface area (Å²) in [5.74, 6) is -3.01. The summed E-state index contributed by atoms with van der Waals surface area (Å²) >= 11 is 12.5. The number of nitrogens with zero attached hydrogens (tertiary/aromatic N) is 4. The molecule has 4 rings (SSSR count). The molecular weight excluding hydrogens is 532 g/mol. The van der Waals surface area contributed by atoms with Gasteiger partial charge >= 0.3 is 11.9 Å². The highest BCUT2D eigenvalue weighted by atomic mass is 35.5. The van der Waals surface area contributed by atoms with Crippen LogP contribution < -0.4 is 16.6 Å². The Kier molecular flexibility index (Phi) is 7.62. The number of anilines is 1. The number of nitroso groups, excluding NO2 is 1. The van der Waals surface area contributed by atoms with Crippen LogP contribution in [0.1, 0.15) is 11.1 Å². The number of carbonyl (C=O) groups excluding carboxylic acids is 1. The fourth-order valence-corrected chi connectivity index (χ4v) is 4.19. The largest absolute Gasteiger partial charge is 0.542 e. The summed E-state index contributed by atoms with van der Waals surface area (Å²) in [6, 6.07) is 7.63. The van der Waals surface area contributed by atoms with Crippen LogP contribution in [0.2, 0.25) is 10.0 Å². The van der Waals surface area contributed by atoms with Crippen LogP contribution in [-0.4, -0.2) is 58.0 Å². The van der Waals surface area contributed by atoms with Crippen molar-refractivity contribution in [1.82, 2.24) is 9.91 Å². The number of carboxylic acid groups (broad SMARTS) is 1. The number of benzene rings is 2.